The van der Waals surface area contributed by atoms with Gasteiger partial charge in [-0.1, -0.05) is 22.0 Å². The first-order valence-electron chi connectivity index (χ1n) is 6.88. The summed E-state index contributed by atoms with van der Waals surface area (Å²) in [6, 6.07) is 7.53. The number of nitrogens with one attached hydrogen (secondary N) is 1. The highest BCUT2D eigenvalue weighted by molar-refractivity contribution is 9.10. The Balaban J connectivity index is 1.61. The highest BCUT2D eigenvalue weighted by atomic mass is 79.9. The number of nitrogens with zero attached hydrogens (tertiary/aromatic N) is 1. The monoisotopic (exact) mass is 382 g/mol. The standard InChI is InChI=1S/C15H15BrN2O3S/c16-13-2-1-3-14-12(13)4-7-18(14)8-5-15(19)17-11-6-9-22(20,21)10-11/h1-4,6-7,9,11H,5,8,10H2,(H,17,19). The minimum Gasteiger partial charge on any atom is -0.349 e. The Labute approximate surface area is 137 Å². The van der Waals surface area contributed by atoms with E-state index in [4.69, 9.17) is 0 Å². The second kappa shape index (κ2) is 5.89. The lowest BCUT2D eigenvalue weighted by molar-refractivity contribution is -0.121. The largest absolute Gasteiger partial charge is 0.349 e. The number of sulfone groups is 1. The Kier molecular flexibility index (Phi) is 4.10. The molecule has 1 aromatic carbocycles. The fourth-order valence-electron chi connectivity index (χ4n) is 2.55. The van der Waals surface area contributed by atoms with E-state index in [2.05, 4.69) is 21.2 Å². The number of amides is 1. The summed E-state index contributed by atoms with van der Waals surface area (Å²) in [7, 11) is -3.14. The third kappa shape index (κ3) is 3.25. The highest BCUT2D eigenvalue weighted by Crippen LogP contribution is 2.24. The molecule has 1 amide bonds. The SMILES string of the molecule is O=C(CCn1ccc2c(Br)cccc21)NC1C=CS(=O)(=O)C1. The molecule has 0 fully saturated rings. The van der Waals surface area contributed by atoms with Gasteiger partial charge >= 0.3 is 0 Å². The zero-order valence-corrected chi connectivity index (χ0v) is 14.1. The van der Waals surface area contributed by atoms with Crippen LogP contribution in [-0.4, -0.2) is 30.7 Å². The average Bonchev–Trinajstić information content (AvgIpc) is 3.01. The fraction of sp³-hybridized carbons (Fsp3) is 0.267. The molecule has 1 N–H and O–H groups in total. The molecule has 1 atom stereocenters. The van der Waals surface area contributed by atoms with Crippen molar-refractivity contribution in [3.8, 4) is 0 Å². The van der Waals surface area contributed by atoms with Crippen LogP contribution in [0.3, 0.4) is 0 Å². The second-order valence-electron chi connectivity index (χ2n) is 5.26. The van der Waals surface area contributed by atoms with E-state index in [0.717, 1.165) is 20.8 Å². The first-order valence-corrected chi connectivity index (χ1v) is 9.39. The summed E-state index contributed by atoms with van der Waals surface area (Å²) in [5.74, 6) is -0.193. The van der Waals surface area contributed by atoms with Gasteiger partial charge in [-0.15, -0.1) is 0 Å². The van der Waals surface area contributed by atoms with Crippen molar-refractivity contribution in [3.63, 3.8) is 0 Å². The van der Waals surface area contributed by atoms with Gasteiger partial charge in [-0.25, -0.2) is 8.42 Å². The third-order valence-corrected chi connectivity index (χ3v) is 5.70. The molecule has 116 valence electrons. The number of aryl methyl sites for hydroxylation is 1. The molecule has 1 aliphatic rings. The van der Waals surface area contributed by atoms with Gasteiger partial charge in [-0.3, -0.25) is 4.79 Å². The Hall–Kier alpha value is -1.60. The van der Waals surface area contributed by atoms with Crippen LogP contribution in [-0.2, 0) is 21.2 Å². The smallest absolute Gasteiger partial charge is 0.222 e. The first-order chi connectivity index (χ1) is 10.4. The molecule has 7 heteroatoms. The molecule has 1 aromatic heterocycles. The molecular weight excluding hydrogens is 368 g/mol. The lowest BCUT2D eigenvalue weighted by Crippen LogP contribution is -2.35. The predicted molar refractivity (Wildman–Crippen MR) is 89.1 cm³/mol. The number of hydrogen-bond donors (Lipinski definition) is 1. The third-order valence-electron chi connectivity index (χ3n) is 3.62. The molecule has 22 heavy (non-hydrogen) atoms. The number of benzene rings is 1. The number of rotatable bonds is 4. The molecular formula is C15H15BrN2O3S. The van der Waals surface area contributed by atoms with Crippen molar-refractivity contribution >= 4 is 42.6 Å². The summed E-state index contributed by atoms with van der Waals surface area (Å²) in [5.41, 5.74) is 1.06. The van der Waals surface area contributed by atoms with Crippen LogP contribution in [0.15, 0.2) is 46.4 Å². The average molecular weight is 383 g/mol. The summed E-state index contributed by atoms with van der Waals surface area (Å²) in [4.78, 5) is 11.9. The van der Waals surface area contributed by atoms with E-state index >= 15 is 0 Å². The molecule has 0 bridgehead atoms. The van der Waals surface area contributed by atoms with E-state index in [0.29, 0.717) is 13.0 Å². The Morgan fingerprint density at radius 3 is 2.91 bits per heavy atom. The predicted octanol–water partition coefficient (Wildman–Crippen LogP) is 2.22. The van der Waals surface area contributed by atoms with Crippen molar-refractivity contribution in [1.82, 2.24) is 9.88 Å². The second-order valence-corrected chi connectivity index (χ2v) is 8.05. The molecule has 3 rings (SSSR count). The Bertz CT molecular complexity index is 855. The van der Waals surface area contributed by atoms with Gasteiger partial charge in [0.1, 0.15) is 0 Å². The fourth-order valence-corrected chi connectivity index (χ4v) is 4.27. The van der Waals surface area contributed by atoms with Crippen LogP contribution in [0.2, 0.25) is 0 Å². The Morgan fingerprint density at radius 1 is 1.36 bits per heavy atom. The van der Waals surface area contributed by atoms with E-state index in [1.165, 1.54) is 6.08 Å². The van der Waals surface area contributed by atoms with Crippen molar-refractivity contribution in [2.45, 2.75) is 19.0 Å². The maximum atomic E-state index is 11.9. The van der Waals surface area contributed by atoms with Crippen molar-refractivity contribution < 1.29 is 13.2 Å². The molecule has 0 saturated carbocycles. The van der Waals surface area contributed by atoms with Gasteiger partial charge < -0.3 is 9.88 Å². The molecule has 0 saturated heterocycles. The van der Waals surface area contributed by atoms with E-state index in [1.54, 1.807) is 0 Å². The lowest BCUT2D eigenvalue weighted by atomic mass is 10.2. The van der Waals surface area contributed by atoms with E-state index in [-0.39, 0.29) is 11.7 Å². The van der Waals surface area contributed by atoms with Crippen molar-refractivity contribution in [3.05, 3.63) is 46.4 Å². The molecule has 2 aromatic rings. The van der Waals surface area contributed by atoms with Gasteiger partial charge in [-0.2, -0.15) is 0 Å². The minimum absolute atomic E-state index is 0.0435. The van der Waals surface area contributed by atoms with E-state index < -0.39 is 15.9 Å². The highest BCUT2D eigenvalue weighted by Gasteiger charge is 2.22. The molecule has 0 radical (unpaired) electrons. The summed E-state index contributed by atoms with van der Waals surface area (Å²) >= 11 is 3.50. The van der Waals surface area contributed by atoms with Crippen LogP contribution in [0.25, 0.3) is 10.9 Å². The summed E-state index contributed by atoms with van der Waals surface area (Å²) in [6.45, 7) is 0.551. The number of halogens is 1. The number of carbonyl (C=O) groups is 1. The zero-order valence-electron chi connectivity index (χ0n) is 11.7. The van der Waals surface area contributed by atoms with Gasteiger partial charge in [0.25, 0.3) is 0 Å². The molecule has 0 aliphatic carbocycles. The maximum Gasteiger partial charge on any atom is 0.222 e. The van der Waals surface area contributed by atoms with Crippen LogP contribution < -0.4 is 5.32 Å². The molecule has 2 heterocycles. The van der Waals surface area contributed by atoms with Gasteiger partial charge in [0.05, 0.1) is 11.8 Å². The quantitative estimate of drug-likeness (QED) is 0.881. The van der Waals surface area contributed by atoms with Crippen LogP contribution in [0.1, 0.15) is 6.42 Å². The van der Waals surface area contributed by atoms with E-state index in [1.807, 2.05) is 35.0 Å². The van der Waals surface area contributed by atoms with Crippen molar-refractivity contribution in [2.75, 3.05) is 5.75 Å². The van der Waals surface area contributed by atoms with Gasteiger partial charge in [0.15, 0.2) is 9.84 Å². The number of carbonyl (C=O) groups excluding carboxylic acids is 1. The maximum absolute atomic E-state index is 11.9. The molecule has 0 spiro atoms. The normalized spacial score (nSPS) is 19.6. The topological polar surface area (TPSA) is 68.2 Å². The molecule has 5 nitrogen and oxygen atoms in total. The summed E-state index contributed by atoms with van der Waals surface area (Å²) in [5, 5.41) is 4.99. The molecule has 1 unspecified atom stereocenters. The van der Waals surface area contributed by atoms with Gasteiger partial charge in [-0.05, 0) is 24.3 Å². The number of hydrogen-bond acceptors (Lipinski definition) is 3. The minimum atomic E-state index is -3.14. The molecule has 1 aliphatic heterocycles. The summed E-state index contributed by atoms with van der Waals surface area (Å²) < 4.78 is 25.6. The van der Waals surface area contributed by atoms with Crippen molar-refractivity contribution in [1.29, 1.82) is 0 Å². The van der Waals surface area contributed by atoms with Crippen LogP contribution >= 0.6 is 15.9 Å². The first kappa shape index (κ1) is 15.3. The lowest BCUT2D eigenvalue weighted by Gasteiger charge is -2.11. The van der Waals surface area contributed by atoms with Crippen LogP contribution in [0.5, 0.6) is 0 Å². The summed E-state index contributed by atoms with van der Waals surface area (Å²) in [6.07, 6.45) is 3.78. The van der Waals surface area contributed by atoms with E-state index in [9.17, 15) is 13.2 Å². The van der Waals surface area contributed by atoms with Crippen molar-refractivity contribution in [2.24, 2.45) is 0 Å². The zero-order chi connectivity index (χ0) is 15.7. The van der Waals surface area contributed by atoms with Crippen LogP contribution in [0, 0.1) is 0 Å². The number of aromatic nitrogens is 1. The van der Waals surface area contributed by atoms with Gasteiger partial charge in [0, 0.05) is 39.9 Å². The Morgan fingerprint density at radius 2 is 2.18 bits per heavy atom. The van der Waals surface area contributed by atoms with Gasteiger partial charge in [0.2, 0.25) is 5.91 Å². The number of fused-ring (bicyclic) bond motifs is 1. The van der Waals surface area contributed by atoms with Crippen LogP contribution in [0.4, 0.5) is 0 Å².